The van der Waals surface area contributed by atoms with E-state index in [9.17, 15) is 9.59 Å². The van der Waals surface area contributed by atoms with Crippen LogP contribution in [0.2, 0.25) is 0 Å². The number of aryl methyl sites for hydroxylation is 1. The number of carbonyl (C=O) groups is 2. The number of nitrogens with one attached hydrogen (secondary N) is 2. The molecule has 1 aromatic carbocycles. The lowest BCUT2D eigenvalue weighted by molar-refractivity contribution is 0.0503. The Labute approximate surface area is 130 Å². The minimum Gasteiger partial charge on any atom is -0.444 e. The number of hydrogen-bond acceptors (Lipinski definition) is 4. The second-order valence-electron chi connectivity index (χ2n) is 6.24. The van der Waals surface area contributed by atoms with Gasteiger partial charge in [-0.3, -0.25) is 0 Å². The molecule has 0 radical (unpaired) electrons. The quantitative estimate of drug-likeness (QED) is 0.881. The molecule has 1 atom stereocenters. The molecule has 120 valence electrons. The Morgan fingerprint density at radius 3 is 2.59 bits per heavy atom. The molecule has 0 spiro atoms. The summed E-state index contributed by atoms with van der Waals surface area (Å²) in [5.74, 6) is 0.455. The van der Waals surface area contributed by atoms with Crippen LogP contribution in [0.5, 0.6) is 5.75 Å². The third-order valence-corrected chi connectivity index (χ3v) is 3.30. The summed E-state index contributed by atoms with van der Waals surface area (Å²) < 4.78 is 10.4. The van der Waals surface area contributed by atoms with Crippen LogP contribution in [0.1, 0.15) is 44.4 Å². The van der Waals surface area contributed by atoms with E-state index in [1.807, 2.05) is 26.8 Å². The number of amides is 2. The molecule has 0 fully saturated rings. The van der Waals surface area contributed by atoms with Crippen LogP contribution in [0.4, 0.5) is 9.59 Å². The van der Waals surface area contributed by atoms with Crippen molar-refractivity contribution in [1.29, 1.82) is 0 Å². The van der Waals surface area contributed by atoms with Crippen LogP contribution in [0, 0.1) is 0 Å². The first-order valence-electron chi connectivity index (χ1n) is 7.30. The fourth-order valence-electron chi connectivity index (χ4n) is 2.40. The highest BCUT2D eigenvalue weighted by Gasteiger charge is 2.26. The maximum atomic E-state index is 11.9. The molecule has 6 heteroatoms. The van der Waals surface area contributed by atoms with Crippen molar-refractivity contribution >= 4 is 12.2 Å². The van der Waals surface area contributed by atoms with E-state index < -0.39 is 17.8 Å². The Morgan fingerprint density at radius 2 is 1.95 bits per heavy atom. The van der Waals surface area contributed by atoms with Gasteiger partial charge in [0.05, 0.1) is 6.04 Å². The van der Waals surface area contributed by atoms with Crippen molar-refractivity contribution in [3.63, 3.8) is 0 Å². The second-order valence-corrected chi connectivity index (χ2v) is 6.24. The summed E-state index contributed by atoms with van der Waals surface area (Å²) in [4.78, 5) is 23.2. The molecule has 1 aliphatic carbocycles. The lowest BCUT2D eigenvalue weighted by Gasteiger charge is -2.22. The van der Waals surface area contributed by atoms with Crippen LogP contribution in [0.3, 0.4) is 0 Å². The highest BCUT2D eigenvalue weighted by molar-refractivity contribution is 5.70. The zero-order valence-corrected chi connectivity index (χ0v) is 13.4. The Hall–Kier alpha value is -2.24. The summed E-state index contributed by atoms with van der Waals surface area (Å²) in [6.45, 7) is 5.47. The van der Waals surface area contributed by atoms with Gasteiger partial charge in [0.2, 0.25) is 0 Å². The van der Waals surface area contributed by atoms with E-state index in [1.165, 1.54) is 7.05 Å². The van der Waals surface area contributed by atoms with Gasteiger partial charge in [0.1, 0.15) is 11.4 Å². The zero-order valence-electron chi connectivity index (χ0n) is 13.4. The van der Waals surface area contributed by atoms with Crippen molar-refractivity contribution in [2.45, 2.75) is 45.3 Å². The number of carbonyl (C=O) groups excluding carboxylic acids is 2. The molecule has 22 heavy (non-hydrogen) atoms. The molecule has 2 amide bonds. The van der Waals surface area contributed by atoms with Gasteiger partial charge in [-0.05, 0) is 56.9 Å². The molecule has 2 N–H and O–H groups in total. The SMILES string of the molecule is CNC(=O)Oc1ccc2c(c1)[C@H](NC(=O)OC(C)(C)C)CC2. The van der Waals surface area contributed by atoms with Crippen LogP contribution in [0.25, 0.3) is 0 Å². The second kappa shape index (κ2) is 6.25. The third kappa shape index (κ3) is 4.13. The Kier molecular flexibility index (Phi) is 4.59. The molecule has 0 bridgehead atoms. The van der Waals surface area contributed by atoms with Gasteiger partial charge in [-0.1, -0.05) is 6.07 Å². The van der Waals surface area contributed by atoms with E-state index >= 15 is 0 Å². The van der Waals surface area contributed by atoms with Crippen LogP contribution in [0.15, 0.2) is 18.2 Å². The van der Waals surface area contributed by atoms with E-state index in [4.69, 9.17) is 9.47 Å². The largest absolute Gasteiger partial charge is 0.444 e. The molecule has 2 rings (SSSR count). The first-order chi connectivity index (χ1) is 10.3. The fourth-order valence-corrected chi connectivity index (χ4v) is 2.40. The molecular weight excluding hydrogens is 284 g/mol. The molecule has 0 saturated heterocycles. The smallest absolute Gasteiger partial charge is 0.412 e. The monoisotopic (exact) mass is 306 g/mol. The molecule has 0 unspecified atom stereocenters. The normalized spacial score (nSPS) is 16.6. The predicted molar refractivity (Wildman–Crippen MR) is 82.0 cm³/mol. The van der Waals surface area contributed by atoms with Crippen molar-refractivity contribution in [1.82, 2.24) is 10.6 Å². The third-order valence-electron chi connectivity index (χ3n) is 3.30. The van der Waals surface area contributed by atoms with Crippen molar-refractivity contribution in [3.8, 4) is 5.75 Å². The van der Waals surface area contributed by atoms with Crippen LogP contribution in [-0.2, 0) is 11.2 Å². The molecule has 0 saturated carbocycles. The lowest BCUT2D eigenvalue weighted by Crippen LogP contribution is -2.34. The highest BCUT2D eigenvalue weighted by atomic mass is 16.6. The number of fused-ring (bicyclic) bond motifs is 1. The molecule has 1 aliphatic rings. The minimum atomic E-state index is -0.532. The summed E-state index contributed by atoms with van der Waals surface area (Å²) >= 11 is 0. The summed E-state index contributed by atoms with van der Waals surface area (Å²) in [5, 5.41) is 5.27. The maximum Gasteiger partial charge on any atom is 0.412 e. The Morgan fingerprint density at radius 1 is 1.23 bits per heavy atom. The fraction of sp³-hybridized carbons (Fsp3) is 0.500. The average molecular weight is 306 g/mol. The molecule has 0 heterocycles. The van der Waals surface area contributed by atoms with Gasteiger partial charge < -0.3 is 20.1 Å². The van der Waals surface area contributed by atoms with Gasteiger partial charge in [0.15, 0.2) is 0 Å². The Bertz CT molecular complexity index is 578. The molecule has 0 aliphatic heterocycles. The van der Waals surface area contributed by atoms with Crippen LogP contribution < -0.4 is 15.4 Å². The number of benzene rings is 1. The van der Waals surface area contributed by atoms with Crippen molar-refractivity contribution in [3.05, 3.63) is 29.3 Å². The topological polar surface area (TPSA) is 76.7 Å². The first kappa shape index (κ1) is 16.1. The highest BCUT2D eigenvalue weighted by Crippen LogP contribution is 2.34. The Balaban J connectivity index is 2.08. The first-order valence-corrected chi connectivity index (χ1v) is 7.30. The number of rotatable bonds is 2. The van der Waals surface area contributed by atoms with Gasteiger partial charge in [0, 0.05) is 7.05 Å². The number of ether oxygens (including phenoxy) is 2. The standard InChI is InChI=1S/C16H22N2O4/c1-16(2,3)22-15(20)18-13-8-6-10-5-7-11(9-12(10)13)21-14(19)17-4/h5,7,9,13H,6,8H2,1-4H3,(H,17,19)(H,18,20)/t13-/m1/s1. The van der Waals surface area contributed by atoms with Crippen molar-refractivity contribution in [2.75, 3.05) is 7.05 Å². The summed E-state index contributed by atoms with van der Waals surface area (Å²) in [7, 11) is 1.50. The zero-order chi connectivity index (χ0) is 16.3. The molecule has 1 aromatic rings. The molecule has 0 aromatic heterocycles. The average Bonchev–Trinajstić information content (AvgIpc) is 2.79. The van der Waals surface area contributed by atoms with Crippen molar-refractivity contribution < 1.29 is 19.1 Å². The number of alkyl carbamates (subject to hydrolysis) is 1. The van der Waals surface area contributed by atoms with Gasteiger partial charge in [-0.15, -0.1) is 0 Å². The lowest BCUT2D eigenvalue weighted by atomic mass is 10.1. The number of hydrogen-bond donors (Lipinski definition) is 2. The van der Waals surface area contributed by atoms with E-state index in [0.29, 0.717) is 5.75 Å². The maximum absolute atomic E-state index is 11.9. The molecule has 6 nitrogen and oxygen atoms in total. The van der Waals surface area contributed by atoms with Crippen molar-refractivity contribution in [2.24, 2.45) is 0 Å². The van der Waals surface area contributed by atoms with Crippen LogP contribution >= 0.6 is 0 Å². The van der Waals surface area contributed by atoms with E-state index in [1.54, 1.807) is 12.1 Å². The van der Waals surface area contributed by atoms with E-state index in [2.05, 4.69) is 10.6 Å². The summed E-state index contributed by atoms with van der Waals surface area (Å²) in [6, 6.07) is 5.34. The van der Waals surface area contributed by atoms with E-state index in [0.717, 1.165) is 24.0 Å². The minimum absolute atomic E-state index is 0.127. The van der Waals surface area contributed by atoms with Gasteiger partial charge >= 0.3 is 12.2 Å². The van der Waals surface area contributed by atoms with Gasteiger partial charge in [0.25, 0.3) is 0 Å². The molecular formula is C16H22N2O4. The van der Waals surface area contributed by atoms with E-state index in [-0.39, 0.29) is 6.04 Å². The summed E-state index contributed by atoms with van der Waals surface area (Å²) in [6.07, 6.45) is 0.714. The van der Waals surface area contributed by atoms with Gasteiger partial charge in [-0.25, -0.2) is 9.59 Å². The van der Waals surface area contributed by atoms with Crippen LogP contribution in [-0.4, -0.2) is 24.8 Å². The summed E-state index contributed by atoms with van der Waals surface area (Å²) in [5.41, 5.74) is 1.58. The van der Waals surface area contributed by atoms with Gasteiger partial charge in [-0.2, -0.15) is 0 Å². The predicted octanol–water partition coefficient (Wildman–Crippen LogP) is 2.92.